The van der Waals surface area contributed by atoms with Gasteiger partial charge in [-0.2, -0.15) is 9.47 Å². The van der Waals surface area contributed by atoms with E-state index in [0.717, 1.165) is 71.6 Å². The molecule has 1 unspecified atom stereocenters. The van der Waals surface area contributed by atoms with Gasteiger partial charge in [-0.1, -0.05) is 19.3 Å². The Balaban J connectivity index is 1.75. The zero-order valence-corrected chi connectivity index (χ0v) is 17.9. The quantitative estimate of drug-likeness (QED) is 0.664. The van der Waals surface area contributed by atoms with Crippen LogP contribution in [-0.4, -0.2) is 51.3 Å². The van der Waals surface area contributed by atoms with E-state index in [2.05, 4.69) is 28.1 Å². The number of carbonyl (C=O) groups is 1. The number of hydrogen-bond donors (Lipinski definition) is 2. The fourth-order valence-electron chi connectivity index (χ4n) is 4.85. The van der Waals surface area contributed by atoms with Crippen molar-refractivity contribution in [3.05, 3.63) is 23.9 Å². The van der Waals surface area contributed by atoms with Crippen LogP contribution in [-0.2, 0) is 14.9 Å². The molecule has 0 bridgehead atoms. The standard InChI is InChI=1S/C21H26N6O2S/c1-13-12-29-10-9-27(13)16-11-14(21(20(22)28)6-3-2-4-7-21)19-18(24-16)17(26-30-19)15-5-8-23-25-15/h5,8,11,13H,2-4,6-7,9-10,12H2,1H3,(H2,22,28)(H,23,25). The lowest BCUT2D eigenvalue weighted by atomic mass is 9.69. The van der Waals surface area contributed by atoms with Gasteiger partial charge in [-0.15, -0.1) is 0 Å². The summed E-state index contributed by atoms with van der Waals surface area (Å²) in [7, 11) is 0. The fourth-order valence-corrected chi connectivity index (χ4v) is 5.79. The van der Waals surface area contributed by atoms with Crippen LogP contribution in [0.2, 0.25) is 0 Å². The van der Waals surface area contributed by atoms with Crippen LogP contribution in [0.15, 0.2) is 18.3 Å². The van der Waals surface area contributed by atoms with Crippen LogP contribution in [0.25, 0.3) is 21.6 Å². The fraction of sp³-hybridized carbons (Fsp3) is 0.524. The van der Waals surface area contributed by atoms with E-state index in [1.165, 1.54) is 11.5 Å². The van der Waals surface area contributed by atoms with Crippen molar-refractivity contribution < 1.29 is 9.53 Å². The van der Waals surface area contributed by atoms with Gasteiger partial charge in [-0.3, -0.25) is 9.89 Å². The van der Waals surface area contributed by atoms with Gasteiger partial charge in [0, 0.05) is 12.7 Å². The molecule has 30 heavy (non-hydrogen) atoms. The normalized spacial score (nSPS) is 21.8. The summed E-state index contributed by atoms with van der Waals surface area (Å²) in [4.78, 5) is 20.1. The summed E-state index contributed by atoms with van der Waals surface area (Å²) in [5.41, 5.74) is 8.78. The molecule has 0 radical (unpaired) electrons. The van der Waals surface area contributed by atoms with Gasteiger partial charge in [0.05, 0.1) is 35.1 Å². The molecule has 1 saturated heterocycles. The number of carbonyl (C=O) groups excluding carboxylic acids is 1. The van der Waals surface area contributed by atoms with Crippen molar-refractivity contribution in [1.82, 2.24) is 19.6 Å². The van der Waals surface area contributed by atoms with E-state index in [1.807, 2.05) is 6.07 Å². The van der Waals surface area contributed by atoms with Gasteiger partial charge in [0.1, 0.15) is 17.0 Å². The summed E-state index contributed by atoms with van der Waals surface area (Å²) in [5, 5.41) is 7.07. The number of ether oxygens (including phenoxy) is 1. The topological polar surface area (TPSA) is 110 Å². The number of H-pyrrole nitrogens is 1. The number of morpholine rings is 1. The van der Waals surface area contributed by atoms with Crippen molar-refractivity contribution in [2.24, 2.45) is 5.73 Å². The lowest BCUT2D eigenvalue weighted by Crippen LogP contribution is -2.45. The smallest absolute Gasteiger partial charge is 0.228 e. The average molecular weight is 427 g/mol. The molecular weight excluding hydrogens is 400 g/mol. The van der Waals surface area contributed by atoms with E-state index >= 15 is 0 Å². The number of nitrogens with one attached hydrogen (secondary N) is 1. The summed E-state index contributed by atoms with van der Waals surface area (Å²) in [6.45, 7) is 4.22. The molecule has 2 aliphatic rings. The molecule has 3 N–H and O–H groups in total. The summed E-state index contributed by atoms with van der Waals surface area (Å²) < 4.78 is 11.3. The number of hydrogen-bond acceptors (Lipinski definition) is 7. The molecule has 1 saturated carbocycles. The van der Waals surface area contributed by atoms with E-state index in [9.17, 15) is 4.79 Å². The van der Waals surface area contributed by atoms with Crippen LogP contribution >= 0.6 is 11.5 Å². The van der Waals surface area contributed by atoms with Crippen LogP contribution < -0.4 is 10.6 Å². The molecular formula is C21H26N6O2S. The number of fused-ring (bicyclic) bond motifs is 1. The monoisotopic (exact) mass is 426 g/mol. The summed E-state index contributed by atoms with van der Waals surface area (Å²) in [5.74, 6) is 0.618. The van der Waals surface area contributed by atoms with Crippen LogP contribution in [0.1, 0.15) is 44.6 Å². The molecule has 5 rings (SSSR count). The van der Waals surface area contributed by atoms with Gasteiger partial charge >= 0.3 is 0 Å². The summed E-state index contributed by atoms with van der Waals surface area (Å²) in [6, 6.07) is 4.19. The number of anilines is 1. The molecule has 158 valence electrons. The largest absolute Gasteiger partial charge is 0.377 e. The molecule has 2 fully saturated rings. The highest BCUT2D eigenvalue weighted by atomic mass is 32.1. The van der Waals surface area contributed by atoms with Crippen molar-refractivity contribution in [3.8, 4) is 11.4 Å². The molecule has 3 aromatic rings. The Morgan fingerprint density at radius 1 is 1.37 bits per heavy atom. The second kappa shape index (κ2) is 7.63. The molecule has 1 atom stereocenters. The molecule has 0 spiro atoms. The Hall–Kier alpha value is -2.52. The van der Waals surface area contributed by atoms with E-state index in [0.29, 0.717) is 13.2 Å². The van der Waals surface area contributed by atoms with Crippen LogP contribution in [0.3, 0.4) is 0 Å². The van der Waals surface area contributed by atoms with Crippen LogP contribution in [0, 0.1) is 0 Å². The first kappa shape index (κ1) is 19.4. The van der Waals surface area contributed by atoms with E-state index < -0.39 is 5.41 Å². The molecule has 1 aliphatic carbocycles. The molecule has 4 heterocycles. The van der Waals surface area contributed by atoms with Crippen molar-refractivity contribution in [2.45, 2.75) is 50.5 Å². The SMILES string of the molecule is CC1COCCN1c1cc(C2(C(N)=O)CCCCC2)c2snc(-c3ccn[nH]3)c2n1. The van der Waals surface area contributed by atoms with Gasteiger partial charge in [0.15, 0.2) is 0 Å². The van der Waals surface area contributed by atoms with Crippen LogP contribution in [0.5, 0.6) is 0 Å². The highest BCUT2D eigenvalue weighted by Crippen LogP contribution is 2.45. The Morgan fingerprint density at radius 2 is 2.20 bits per heavy atom. The predicted octanol–water partition coefficient (Wildman–Crippen LogP) is 2.99. The second-order valence-electron chi connectivity index (χ2n) is 8.33. The molecule has 1 amide bonds. The van der Waals surface area contributed by atoms with Gasteiger partial charge in [0.25, 0.3) is 0 Å². The van der Waals surface area contributed by atoms with E-state index in [4.69, 9.17) is 19.8 Å². The Bertz CT molecular complexity index is 1060. The number of nitrogens with two attached hydrogens (primary N) is 1. The third-order valence-corrected chi connectivity index (χ3v) is 7.39. The minimum Gasteiger partial charge on any atom is -0.377 e. The number of amides is 1. The van der Waals surface area contributed by atoms with Gasteiger partial charge in [0.2, 0.25) is 5.91 Å². The molecule has 8 nitrogen and oxygen atoms in total. The van der Waals surface area contributed by atoms with E-state index in [1.54, 1.807) is 6.20 Å². The molecule has 9 heteroatoms. The van der Waals surface area contributed by atoms with E-state index in [-0.39, 0.29) is 11.9 Å². The Morgan fingerprint density at radius 3 is 2.90 bits per heavy atom. The van der Waals surface area contributed by atoms with Crippen LogP contribution in [0.4, 0.5) is 5.82 Å². The van der Waals surface area contributed by atoms with Crippen molar-refractivity contribution in [2.75, 3.05) is 24.7 Å². The number of primary amides is 1. The maximum Gasteiger partial charge on any atom is 0.228 e. The highest BCUT2D eigenvalue weighted by molar-refractivity contribution is 7.13. The maximum absolute atomic E-state index is 12.8. The molecule has 0 aromatic carbocycles. The minimum atomic E-state index is -0.665. The lowest BCUT2D eigenvalue weighted by molar-refractivity contribution is -0.124. The Kier molecular flexibility index (Phi) is 4.94. The predicted molar refractivity (Wildman–Crippen MR) is 117 cm³/mol. The minimum absolute atomic E-state index is 0.203. The first-order valence-corrected chi connectivity index (χ1v) is 11.3. The van der Waals surface area contributed by atoms with Gasteiger partial charge in [-0.25, -0.2) is 4.98 Å². The third-order valence-electron chi connectivity index (χ3n) is 6.52. The number of nitrogens with zero attached hydrogens (tertiary/aromatic N) is 4. The van der Waals surface area contributed by atoms with Crippen molar-refractivity contribution in [1.29, 1.82) is 0 Å². The molecule has 1 aliphatic heterocycles. The zero-order valence-electron chi connectivity index (χ0n) is 17.1. The average Bonchev–Trinajstić information content (AvgIpc) is 3.43. The summed E-state index contributed by atoms with van der Waals surface area (Å²) in [6.07, 6.45) is 6.40. The summed E-state index contributed by atoms with van der Waals surface area (Å²) >= 11 is 1.39. The highest BCUT2D eigenvalue weighted by Gasteiger charge is 2.42. The zero-order chi connectivity index (χ0) is 20.7. The maximum atomic E-state index is 12.8. The Labute approximate surface area is 179 Å². The third kappa shape index (κ3) is 3.07. The first-order valence-electron chi connectivity index (χ1n) is 10.5. The number of aromatic amines is 1. The van der Waals surface area contributed by atoms with Gasteiger partial charge < -0.3 is 15.4 Å². The number of rotatable bonds is 4. The number of pyridine rings is 1. The van der Waals surface area contributed by atoms with Crippen molar-refractivity contribution in [3.63, 3.8) is 0 Å². The van der Waals surface area contributed by atoms with Gasteiger partial charge in [-0.05, 0) is 49.0 Å². The second-order valence-corrected chi connectivity index (χ2v) is 9.10. The molecule has 3 aromatic heterocycles. The lowest BCUT2D eigenvalue weighted by Gasteiger charge is -2.37. The number of aromatic nitrogens is 4. The van der Waals surface area contributed by atoms with Crippen molar-refractivity contribution >= 4 is 33.5 Å². The first-order chi connectivity index (χ1) is 14.6.